The van der Waals surface area contributed by atoms with Crippen LogP contribution in [-0.4, -0.2) is 144 Å². The number of carboxylic acid groups (broad SMARTS) is 1. The summed E-state index contributed by atoms with van der Waals surface area (Å²) in [6, 6.07) is -2.25. The van der Waals surface area contributed by atoms with Crippen LogP contribution >= 0.6 is 0 Å². The third-order valence-electron chi connectivity index (χ3n) is 9.34. The van der Waals surface area contributed by atoms with Gasteiger partial charge in [0.1, 0.15) is 30.5 Å². The van der Waals surface area contributed by atoms with Gasteiger partial charge in [-0.2, -0.15) is 33.7 Å². The number of ether oxygens (including phenoxy) is 4. The van der Waals surface area contributed by atoms with Crippen LogP contribution in [-0.2, 0) is 86.9 Å². The molecule has 0 aliphatic carbocycles. The van der Waals surface area contributed by atoms with Crippen molar-refractivity contribution in [3.8, 4) is 0 Å². The third kappa shape index (κ3) is 26.9. The highest BCUT2D eigenvalue weighted by Gasteiger charge is 2.59. The molecule has 0 unspecified atom stereocenters. The minimum absolute atomic E-state index is 0.152. The highest BCUT2D eigenvalue weighted by molar-refractivity contribution is 7.81. The first kappa shape index (κ1) is 58.3. The lowest BCUT2D eigenvalue weighted by Gasteiger charge is -2.48. The van der Waals surface area contributed by atoms with Gasteiger partial charge in [-0.3, -0.25) is 23.0 Å². The lowest BCUT2D eigenvalue weighted by atomic mass is 9.88. The quantitative estimate of drug-likeness (QED) is 0.0384. The van der Waals surface area contributed by atoms with Crippen molar-refractivity contribution in [3.05, 3.63) is 0 Å². The molecule has 1 rings (SSSR count). The maximum absolute atomic E-state index is 13.1. The number of nitrogens with one attached hydrogen (secondary N) is 1. The topological polar surface area (TPSA) is 358 Å². The van der Waals surface area contributed by atoms with E-state index in [1.54, 1.807) is 0 Å². The Labute approximate surface area is 365 Å². The van der Waals surface area contributed by atoms with Crippen molar-refractivity contribution in [1.82, 2.24) is 5.32 Å². The van der Waals surface area contributed by atoms with E-state index in [2.05, 4.69) is 30.6 Å². The normalized spacial score (nSPS) is 21.6. The first-order valence-electron chi connectivity index (χ1n) is 20.4. The highest BCUT2D eigenvalue weighted by Crippen LogP contribution is 2.37. The molecule has 0 saturated carbocycles. The Balaban J connectivity index is 3.62. The van der Waals surface area contributed by atoms with E-state index in [9.17, 15) is 62.0 Å². The van der Waals surface area contributed by atoms with Crippen LogP contribution in [0.15, 0.2) is 0 Å². The molecule has 1 aliphatic heterocycles. The summed E-state index contributed by atoms with van der Waals surface area (Å²) in [6.07, 6.45) is 2.69. The Bertz CT molecular complexity index is 1750. The Hall–Kier alpha value is -1.74. The molecule has 368 valence electrons. The van der Waals surface area contributed by atoms with Crippen LogP contribution < -0.4 is 5.32 Å². The van der Waals surface area contributed by atoms with Gasteiger partial charge in [0.05, 0.1) is 25.9 Å². The van der Waals surface area contributed by atoms with Gasteiger partial charge in [0.25, 0.3) is 5.79 Å². The zero-order chi connectivity index (χ0) is 47.0. The first-order valence-corrected chi connectivity index (χ1v) is 25.9. The van der Waals surface area contributed by atoms with Gasteiger partial charge in [0, 0.05) is 26.6 Å². The predicted molar refractivity (Wildman–Crippen MR) is 216 cm³/mol. The Morgan fingerprint density at radius 1 is 0.677 bits per heavy atom. The first-order chi connectivity index (χ1) is 28.8. The maximum Gasteiger partial charge on any atom is 0.397 e. The second-order valence-corrected chi connectivity index (χ2v) is 19.0. The number of carbonyl (C=O) groups is 2. The number of hydrogen-bond acceptors (Lipinski definition) is 18. The van der Waals surface area contributed by atoms with Crippen molar-refractivity contribution in [2.75, 3.05) is 33.0 Å². The van der Waals surface area contributed by atoms with Gasteiger partial charge in [-0.1, -0.05) is 104 Å². The van der Waals surface area contributed by atoms with E-state index < -0.39 is 115 Å². The van der Waals surface area contributed by atoms with Crippen molar-refractivity contribution in [2.24, 2.45) is 0 Å². The van der Waals surface area contributed by atoms with E-state index in [1.807, 2.05) is 5.32 Å². The van der Waals surface area contributed by atoms with E-state index in [1.165, 1.54) is 6.42 Å². The van der Waals surface area contributed by atoms with Crippen LogP contribution in [0.1, 0.15) is 130 Å². The summed E-state index contributed by atoms with van der Waals surface area (Å²) < 4.78 is 174. The molecular weight excluding hydrogens is 919 g/mol. The minimum Gasteiger partial charge on any atom is -0.477 e. The molecule has 0 aromatic rings. The molecule has 24 nitrogen and oxygen atoms in total. The van der Waals surface area contributed by atoms with Crippen LogP contribution in [0.25, 0.3) is 0 Å². The summed E-state index contributed by atoms with van der Waals surface area (Å²) in [5.41, 5.74) is 0. The molecule has 1 amide bonds. The molecule has 0 aromatic heterocycles. The molecular formula is C34H65NO23S4. The molecule has 1 heterocycles. The van der Waals surface area contributed by atoms with Crippen LogP contribution in [0, 0.1) is 0 Å². The standard InChI is InChI=1S/C34H65NO23S4/c1-4-6-8-10-12-14-16-18-20-51-23-27(52-21-19-17-15-13-11-9-7-5-2)24-53-34(33(37)38)22-28(56-60(42,43)44)30(35-26(3)36)32(55-34)31(58-62(48,49)50)29(57-61(45,46)47)25-54-59(39,40)41/h27-32H,4-25H2,1-3H3,(H,35,36)(H,37,38)(H,39,40,41)(H,42,43,44)(H,45,46,47)(H,48,49,50)/t27-,28+,29-,30-,31-,32-,34+/m1/s1. The summed E-state index contributed by atoms with van der Waals surface area (Å²) >= 11 is 0. The van der Waals surface area contributed by atoms with E-state index in [-0.39, 0.29) is 19.8 Å². The number of carboxylic acids is 1. The average Bonchev–Trinajstić information content (AvgIpc) is 3.13. The molecule has 28 heteroatoms. The van der Waals surface area contributed by atoms with Crippen LogP contribution in [0.4, 0.5) is 0 Å². The number of rotatable bonds is 37. The maximum atomic E-state index is 13.1. The number of hydrogen-bond donors (Lipinski definition) is 6. The van der Waals surface area contributed by atoms with Gasteiger partial charge in [0.2, 0.25) is 5.91 Å². The zero-order valence-electron chi connectivity index (χ0n) is 35.2. The van der Waals surface area contributed by atoms with E-state index >= 15 is 0 Å². The number of unbranched alkanes of at least 4 members (excludes halogenated alkanes) is 14. The van der Waals surface area contributed by atoms with Crippen LogP contribution in [0.5, 0.6) is 0 Å². The summed E-state index contributed by atoms with van der Waals surface area (Å²) in [6.45, 7) is 2.76. The smallest absolute Gasteiger partial charge is 0.397 e. The van der Waals surface area contributed by atoms with Crippen molar-refractivity contribution in [1.29, 1.82) is 0 Å². The van der Waals surface area contributed by atoms with E-state index in [4.69, 9.17) is 23.5 Å². The summed E-state index contributed by atoms with van der Waals surface area (Å²) in [7, 11) is -22.9. The second kappa shape index (κ2) is 29.0. The lowest BCUT2D eigenvalue weighted by Crippen LogP contribution is -2.69. The molecule has 7 atom stereocenters. The number of amides is 1. The average molecular weight is 984 g/mol. The van der Waals surface area contributed by atoms with E-state index in [0.29, 0.717) is 12.8 Å². The Morgan fingerprint density at radius 3 is 1.63 bits per heavy atom. The molecule has 6 N–H and O–H groups in total. The SMILES string of the molecule is CCCCCCCCCCOC[C@H](CO[C@@]1(C(=O)O)C[C@H](OS(=O)(=O)O)[C@@H](NC(C)=O)[C@H]([C@H](OS(=O)(=O)O)[C@@H](COS(=O)(=O)O)OS(=O)(=O)O)O1)OCCCCCCCCCC. The van der Waals surface area contributed by atoms with Crippen LogP contribution in [0.2, 0.25) is 0 Å². The van der Waals surface area contributed by atoms with Crippen molar-refractivity contribution >= 4 is 53.5 Å². The monoisotopic (exact) mass is 983 g/mol. The van der Waals surface area contributed by atoms with Crippen LogP contribution in [0.3, 0.4) is 0 Å². The van der Waals surface area contributed by atoms with Gasteiger partial charge in [-0.05, 0) is 12.8 Å². The molecule has 0 radical (unpaired) electrons. The van der Waals surface area contributed by atoms with Crippen molar-refractivity contribution in [2.45, 2.75) is 172 Å². The molecule has 62 heavy (non-hydrogen) atoms. The molecule has 1 fully saturated rings. The van der Waals surface area contributed by atoms with E-state index in [0.717, 1.165) is 90.4 Å². The lowest BCUT2D eigenvalue weighted by molar-refractivity contribution is -0.312. The number of carbonyl (C=O) groups excluding carboxylic acids is 1. The Kier molecular flexibility index (Phi) is 27.3. The van der Waals surface area contributed by atoms with Gasteiger partial charge in [0.15, 0.2) is 0 Å². The minimum atomic E-state index is -5.91. The van der Waals surface area contributed by atoms with Gasteiger partial charge in [-0.25, -0.2) is 21.5 Å². The molecule has 1 saturated heterocycles. The molecule has 1 aliphatic rings. The fourth-order valence-corrected chi connectivity index (χ4v) is 8.33. The summed E-state index contributed by atoms with van der Waals surface area (Å²) in [5.74, 6) is -6.46. The van der Waals surface area contributed by atoms with Gasteiger partial charge in [-0.15, -0.1) is 0 Å². The second-order valence-electron chi connectivity index (χ2n) is 14.7. The van der Waals surface area contributed by atoms with Crippen molar-refractivity contribution in [3.63, 3.8) is 0 Å². The van der Waals surface area contributed by atoms with Gasteiger partial charge < -0.3 is 29.4 Å². The molecule has 0 aromatic carbocycles. The fourth-order valence-electron chi connectivity index (χ4n) is 6.53. The number of aliphatic carboxylic acids is 1. The molecule has 0 spiro atoms. The fraction of sp³-hybridized carbons (Fsp3) is 0.941. The molecule has 0 bridgehead atoms. The predicted octanol–water partition coefficient (Wildman–Crippen LogP) is 3.14. The summed E-state index contributed by atoms with van der Waals surface area (Å²) in [4.78, 5) is 25.5. The Morgan fingerprint density at radius 2 is 1.18 bits per heavy atom. The summed E-state index contributed by atoms with van der Waals surface area (Å²) in [5, 5.41) is 12.6. The zero-order valence-corrected chi connectivity index (χ0v) is 38.5. The van der Waals surface area contributed by atoms with Crippen molar-refractivity contribution < 1.29 is 102 Å². The third-order valence-corrected chi connectivity index (χ3v) is 11.2. The van der Waals surface area contributed by atoms with Gasteiger partial charge >= 0.3 is 47.6 Å². The largest absolute Gasteiger partial charge is 0.477 e. The highest BCUT2D eigenvalue weighted by atomic mass is 32.3.